The number of rotatable bonds is 0. The van der Waals surface area contributed by atoms with Crippen molar-refractivity contribution in [3.8, 4) is 0 Å². The van der Waals surface area contributed by atoms with Crippen LogP contribution < -0.4 is 0 Å². The van der Waals surface area contributed by atoms with E-state index in [-0.39, 0.29) is 19.8 Å². The monoisotopic (exact) mass is 360 g/mol. The molecule has 0 amide bonds. The predicted molar refractivity (Wildman–Crippen MR) is 52.1 cm³/mol. The van der Waals surface area contributed by atoms with Crippen LogP contribution in [0.5, 0.6) is 0 Å². The molecule has 0 heterocycles. The summed E-state index contributed by atoms with van der Waals surface area (Å²) in [5.74, 6) is 0. The third-order valence-electron chi connectivity index (χ3n) is 0. The molecule has 0 aliphatic carbocycles. The molecule has 0 N–H and O–H groups in total. The Labute approximate surface area is 86.8 Å². The molecule has 0 aromatic heterocycles. The molecule has 2 unspecified atom stereocenters. The summed E-state index contributed by atoms with van der Waals surface area (Å²) in [5.41, 5.74) is 0. The first-order valence-corrected chi connectivity index (χ1v) is 6.09. The largest absolute Gasteiger partial charge is 0.0395 e. The Bertz CT molecular complexity index is 160. The maximum Gasteiger partial charge on any atom is -0.0395 e. The van der Waals surface area contributed by atoms with E-state index in [2.05, 4.69) is 0 Å². The summed E-state index contributed by atoms with van der Waals surface area (Å²) in [6.07, 6.45) is 0. The van der Waals surface area contributed by atoms with Crippen molar-refractivity contribution in [3.63, 3.8) is 0 Å². The molecule has 0 aromatic carbocycles. The van der Waals surface area contributed by atoms with E-state index in [0.29, 0.717) is 0 Å². The second-order valence-corrected chi connectivity index (χ2v) is 5.75. The zero-order valence-corrected chi connectivity index (χ0v) is 13.2. The van der Waals surface area contributed by atoms with Gasteiger partial charge >= 0.3 is 66.0 Å². The Morgan fingerprint density at radius 3 is 0.312 bits per heavy atom. The normalized spacial score (nSPS) is 20.2. The van der Waals surface area contributed by atoms with Crippen molar-refractivity contribution in [2.45, 2.75) is 0 Å². The van der Waals surface area contributed by atoms with E-state index in [1.165, 1.54) is 0 Å². The van der Waals surface area contributed by atoms with Crippen molar-refractivity contribution < 1.29 is 50.4 Å². The maximum atomic E-state index is 9.87. The van der Waals surface area contributed by atoms with Crippen molar-refractivity contribution in [2.75, 3.05) is 0 Å². The molecule has 16 heavy (non-hydrogen) atoms. The smallest absolute Gasteiger partial charge is 0.0395 e. The maximum absolute atomic E-state index is 10.7. The molecule has 0 radical (unpaired) electrons. The van der Waals surface area contributed by atoms with Crippen LogP contribution in [0, 0.1) is 0 Å². The second kappa shape index (κ2) is 3.69. The van der Waals surface area contributed by atoms with Gasteiger partial charge in [-0.2, -0.15) is 0 Å². The summed E-state index contributed by atoms with van der Waals surface area (Å²) < 4.78 is 118. The fraction of sp³-hybridized carbons (Fsp3) is 0. The minimum absolute atomic E-state index is 0. The Morgan fingerprint density at radius 2 is 0.312 bits per heavy atom. The number of halogens is 12. The topological polar surface area (TPSA) is 0 Å². The Kier molecular flexibility index (Phi) is 5.91. The molecule has 0 aliphatic heterocycles. The van der Waals surface area contributed by atoms with Gasteiger partial charge in [-0.1, -0.05) is 0 Å². The molecule has 0 fully saturated rings. The molecule has 0 saturated heterocycles. The summed E-state index contributed by atoms with van der Waals surface area (Å²) in [6, 6.07) is 0. The third kappa shape index (κ3) is 3700. The Balaban J connectivity index is -0.0000000800. The third-order valence-corrected chi connectivity index (χ3v) is 0. The number of hydrogen-bond donors (Lipinski definition) is 0. The molecule has 0 saturated carbocycles. The van der Waals surface area contributed by atoms with E-state index in [4.69, 9.17) is 0 Å². The van der Waals surface area contributed by atoms with Crippen LogP contribution in [0.1, 0.15) is 0 Å². The quantitative estimate of drug-likeness (QED) is 0.349. The molecule has 0 spiro atoms. The summed E-state index contributed by atoms with van der Waals surface area (Å²) in [6.45, 7) is 0. The fourth-order valence-corrected chi connectivity index (χ4v) is 0. The molecular formula is H8F12P4. The van der Waals surface area contributed by atoms with Crippen molar-refractivity contribution >= 4 is 35.4 Å². The van der Waals surface area contributed by atoms with E-state index in [0.717, 1.165) is 0 Å². The minimum atomic E-state index is -10.7. The van der Waals surface area contributed by atoms with Gasteiger partial charge in [0.1, 0.15) is 0 Å². The van der Waals surface area contributed by atoms with Gasteiger partial charge in [-0.05, 0) is 19.8 Å². The summed E-state index contributed by atoms with van der Waals surface area (Å²) in [5, 5.41) is 0. The zero-order chi connectivity index (χ0) is 12.8. The van der Waals surface area contributed by atoms with Crippen LogP contribution in [0.4, 0.5) is 50.4 Å². The van der Waals surface area contributed by atoms with E-state index in [1.54, 1.807) is 0 Å². The molecule has 2 atom stereocenters. The van der Waals surface area contributed by atoms with Gasteiger partial charge in [-0.25, -0.2) is 0 Å². The van der Waals surface area contributed by atoms with Crippen LogP contribution in [0.2, 0.25) is 0 Å². The first kappa shape index (κ1) is 25.7. The standard InChI is InChI=1S/2F6P.2H3P/c2*1-7(2,3,4,5)6;;/h;;2*1H3/q2*-1;;/p+2. The van der Waals surface area contributed by atoms with Crippen molar-refractivity contribution in [1.82, 2.24) is 0 Å². The van der Waals surface area contributed by atoms with Gasteiger partial charge in [0.05, 0.1) is 0 Å². The van der Waals surface area contributed by atoms with E-state index in [9.17, 15) is 50.4 Å². The van der Waals surface area contributed by atoms with Gasteiger partial charge in [0.25, 0.3) is 0 Å². The molecule has 112 valence electrons. The molecule has 0 aliphatic rings. The van der Waals surface area contributed by atoms with Crippen LogP contribution in [-0.4, -0.2) is 0 Å². The Hall–Kier alpha value is 0.880. The van der Waals surface area contributed by atoms with E-state index >= 15 is 0 Å². The number of hydrogen-bond acceptors (Lipinski definition) is 0. The fourth-order valence-electron chi connectivity index (χ4n) is 0. The summed E-state index contributed by atoms with van der Waals surface area (Å²) in [4.78, 5) is 0. The van der Waals surface area contributed by atoms with Crippen LogP contribution >= 0.6 is 35.4 Å². The average Bonchev–Trinajstić information content (AvgIpc) is 0.938. The first-order chi connectivity index (χ1) is 4.90. The van der Waals surface area contributed by atoms with Crippen molar-refractivity contribution in [3.05, 3.63) is 0 Å². The van der Waals surface area contributed by atoms with Crippen molar-refractivity contribution in [2.24, 2.45) is 0 Å². The summed E-state index contributed by atoms with van der Waals surface area (Å²) in [7, 11) is -21.3. The van der Waals surface area contributed by atoms with Crippen LogP contribution in [0.25, 0.3) is 0 Å². The van der Waals surface area contributed by atoms with Crippen LogP contribution in [0.15, 0.2) is 0 Å². The van der Waals surface area contributed by atoms with Gasteiger partial charge in [0, 0.05) is 0 Å². The van der Waals surface area contributed by atoms with Gasteiger partial charge in [-0.15, -0.1) is 0 Å². The molecule has 0 nitrogen and oxygen atoms in total. The summed E-state index contributed by atoms with van der Waals surface area (Å²) >= 11 is 0. The SMILES string of the molecule is F[P-](F)(F)(F)(F)F.F[P-](F)(F)(F)(F)F.[PH4+].[PH4+]. The minimum Gasteiger partial charge on any atom is -0.0395 e. The van der Waals surface area contributed by atoms with Gasteiger partial charge < -0.3 is 0 Å². The molecule has 0 aromatic rings. The molecule has 0 bridgehead atoms. The molecule has 16 heteroatoms. The van der Waals surface area contributed by atoms with Crippen molar-refractivity contribution in [1.29, 1.82) is 0 Å². The van der Waals surface area contributed by atoms with Gasteiger partial charge in [0.2, 0.25) is 0 Å². The van der Waals surface area contributed by atoms with E-state index in [1.807, 2.05) is 0 Å². The van der Waals surface area contributed by atoms with Gasteiger partial charge in [0.15, 0.2) is 0 Å². The van der Waals surface area contributed by atoms with Gasteiger partial charge in [-0.3, -0.25) is 0 Å². The first-order valence-electron chi connectivity index (χ1n) is 2.03. The average molecular weight is 360 g/mol. The van der Waals surface area contributed by atoms with E-state index < -0.39 is 15.6 Å². The zero-order valence-electron chi connectivity index (χ0n) is 7.43. The molecule has 0 rings (SSSR count). The molecular weight excluding hydrogens is 352 g/mol. The second-order valence-electron chi connectivity index (χ2n) is 1.92. The Morgan fingerprint density at radius 1 is 0.312 bits per heavy atom. The van der Waals surface area contributed by atoms with Crippen LogP contribution in [-0.2, 0) is 0 Å². The predicted octanol–water partition coefficient (Wildman–Crippen LogP) is 6.35. The van der Waals surface area contributed by atoms with Crippen LogP contribution in [0.3, 0.4) is 0 Å².